The first-order valence-corrected chi connectivity index (χ1v) is 6.87. The number of nitrogens with zero attached hydrogens (tertiary/aromatic N) is 1. The molecule has 1 aliphatic carbocycles. The highest BCUT2D eigenvalue weighted by molar-refractivity contribution is 8.13. The van der Waals surface area contributed by atoms with E-state index >= 15 is 0 Å². The molecule has 0 unspecified atom stereocenters. The SMILES string of the molecule is O=S(=O)(Cl)Cc1cc(CC2CC2)on1. The molecule has 1 saturated carbocycles. The summed E-state index contributed by atoms with van der Waals surface area (Å²) >= 11 is 0. The molecule has 0 saturated heterocycles. The van der Waals surface area contributed by atoms with Crippen LogP contribution in [0, 0.1) is 5.92 Å². The van der Waals surface area contributed by atoms with Crippen molar-refractivity contribution < 1.29 is 12.9 Å². The molecule has 14 heavy (non-hydrogen) atoms. The Morgan fingerprint density at radius 2 is 2.29 bits per heavy atom. The number of aromatic nitrogens is 1. The van der Waals surface area contributed by atoms with Gasteiger partial charge in [-0.15, -0.1) is 0 Å². The molecule has 0 aromatic carbocycles. The van der Waals surface area contributed by atoms with Gasteiger partial charge in [-0.05, 0) is 18.8 Å². The maximum absolute atomic E-state index is 10.7. The molecule has 0 spiro atoms. The second-order valence-corrected chi connectivity index (χ2v) is 6.39. The van der Waals surface area contributed by atoms with Crippen molar-refractivity contribution in [2.75, 3.05) is 0 Å². The Balaban J connectivity index is 2.01. The Kier molecular flexibility index (Phi) is 2.53. The van der Waals surface area contributed by atoms with E-state index in [4.69, 9.17) is 15.2 Å². The first kappa shape index (κ1) is 9.98. The summed E-state index contributed by atoms with van der Waals surface area (Å²) in [6.45, 7) is 0. The minimum absolute atomic E-state index is 0.261. The fourth-order valence-corrected chi connectivity index (χ4v) is 2.13. The van der Waals surface area contributed by atoms with Gasteiger partial charge in [0.25, 0.3) is 0 Å². The fourth-order valence-electron chi connectivity index (χ4n) is 1.30. The van der Waals surface area contributed by atoms with Crippen molar-refractivity contribution in [1.82, 2.24) is 5.16 Å². The van der Waals surface area contributed by atoms with Crippen molar-refractivity contribution in [3.05, 3.63) is 17.5 Å². The summed E-state index contributed by atoms with van der Waals surface area (Å²) in [7, 11) is 1.56. The van der Waals surface area contributed by atoms with Crippen molar-refractivity contribution in [3.63, 3.8) is 0 Å². The van der Waals surface area contributed by atoms with Crippen LogP contribution in [0.2, 0.25) is 0 Å². The van der Waals surface area contributed by atoms with Crippen molar-refractivity contribution in [1.29, 1.82) is 0 Å². The summed E-state index contributed by atoms with van der Waals surface area (Å²) in [5.41, 5.74) is 0.385. The van der Waals surface area contributed by atoms with Crippen molar-refractivity contribution in [3.8, 4) is 0 Å². The Morgan fingerprint density at radius 3 is 2.86 bits per heavy atom. The Morgan fingerprint density at radius 1 is 1.57 bits per heavy atom. The summed E-state index contributed by atoms with van der Waals surface area (Å²) in [5, 5.41) is 3.64. The van der Waals surface area contributed by atoms with Crippen LogP contribution in [0.4, 0.5) is 0 Å². The zero-order chi connectivity index (χ0) is 10.2. The smallest absolute Gasteiger partial charge is 0.238 e. The highest BCUT2D eigenvalue weighted by atomic mass is 35.7. The lowest BCUT2D eigenvalue weighted by Crippen LogP contribution is -1.94. The summed E-state index contributed by atoms with van der Waals surface area (Å²) in [4.78, 5) is 0. The van der Waals surface area contributed by atoms with Crippen LogP contribution in [0.1, 0.15) is 24.3 Å². The van der Waals surface area contributed by atoms with E-state index in [1.54, 1.807) is 6.07 Å². The van der Waals surface area contributed by atoms with Gasteiger partial charge in [0.1, 0.15) is 17.2 Å². The van der Waals surface area contributed by atoms with Crippen molar-refractivity contribution in [2.45, 2.75) is 25.0 Å². The molecular formula is C8H10ClNO3S. The van der Waals surface area contributed by atoms with Crippen molar-refractivity contribution in [2.24, 2.45) is 5.92 Å². The van der Waals surface area contributed by atoms with Gasteiger partial charge in [-0.1, -0.05) is 5.16 Å². The van der Waals surface area contributed by atoms with Crippen molar-refractivity contribution >= 4 is 19.7 Å². The Labute approximate surface area is 86.6 Å². The van der Waals surface area contributed by atoms with Gasteiger partial charge in [0.15, 0.2) is 0 Å². The molecule has 6 heteroatoms. The maximum atomic E-state index is 10.7. The Bertz CT molecular complexity index is 422. The van der Waals surface area contributed by atoms with E-state index in [0.29, 0.717) is 11.6 Å². The topological polar surface area (TPSA) is 60.2 Å². The van der Waals surface area contributed by atoms with Crippen LogP contribution >= 0.6 is 10.7 Å². The lowest BCUT2D eigenvalue weighted by Gasteiger charge is -1.87. The zero-order valence-electron chi connectivity index (χ0n) is 7.44. The number of rotatable bonds is 4. The monoisotopic (exact) mass is 235 g/mol. The molecule has 0 atom stereocenters. The van der Waals surface area contributed by atoms with E-state index < -0.39 is 9.05 Å². The van der Waals surface area contributed by atoms with Gasteiger partial charge in [-0.25, -0.2) is 8.42 Å². The highest BCUT2D eigenvalue weighted by Gasteiger charge is 2.24. The van der Waals surface area contributed by atoms with Crippen LogP contribution in [0.3, 0.4) is 0 Å². The first-order chi connectivity index (χ1) is 6.53. The van der Waals surface area contributed by atoms with Gasteiger partial charge in [-0.3, -0.25) is 0 Å². The number of hydrogen-bond donors (Lipinski definition) is 0. The van der Waals surface area contributed by atoms with E-state index in [9.17, 15) is 8.42 Å². The molecule has 1 aromatic rings. The molecule has 2 rings (SSSR count). The third kappa shape index (κ3) is 2.99. The molecule has 0 amide bonds. The Hall–Kier alpha value is -0.550. The fraction of sp³-hybridized carbons (Fsp3) is 0.625. The maximum Gasteiger partial charge on any atom is 0.238 e. The summed E-state index contributed by atoms with van der Waals surface area (Å²) in [6.07, 6.45) is 3.31. The van der Waals surface area contributed by atoms with Gasteiger partial charge < -0.3 is 4.52 Å². The van der Waals surface area contributed by atoms with E-state index in [0.717, 1.165) is 12.2 Å². The molecule has 0 radical (unpaired) electrons. The molecule has 78 valence electrons. The molecular weight excluding hydrogens is 226 g/mol. The average Bonchev–Trinajstić information content (AvgIpc) is 2.71. The predicted molar refractivity (Wildman–Crippen MR) is 51.4 cm³/mol. The second-order valence-electron chi connectivity index (χ2n) is 3.62. The van der Waals surface area contributed by atoms with Crippen LogP contribution in [0.5, 0.6) is 0 Å². The number of hydrogen-bond acceptors (Lipinski definition) is 4. The minimum atomic E-state index is -3.53. The second kappa shape index (κ2) is 3.55. The quantitative estimate of drug-likeness (QED) is 0.746. The van der Waals surface area contributed by atoms with E-state index in [1.165, 1.54) is 12.8 Å². The molecule has 0 N–H and O–H groups in total. The lowest BCUT2D eigenvalue weighted by atomic mass is 10.2. The molecule has 1 aromatic heterocycles. The third-order valence-corrected chi connectivity index (χ3v) is 3.08. The molecule has 1 heterocycles. The number of halogens is 1. The van der Waals surface area contributed by atoms with Gasteiger partial charge in [0.05, 0.1) is 0 Å². The van der Waals surface area contributed by atoms with E-state index in [1.807, 2.05) is 0 Å². The average molecular weight is 236 g/mol. The van der Waals surface area contributed by atoms with E-state index in [2.05, 4.69) is 5.16 Å². The van der Waals surface area contributed by atoms with Gasteiger partial charge in [0, 0.05) is 23.2 Å². The van der Waals surface area contributed by atoms with Crippen LogP contribution in [-0.4, -0.2) is 13.6 Å². The highest BCUT2D eigenvalue weighted by Crippen LogP contribution is 2.32. The molecule has 1 aliphatic rings. The molecule has 0 bridgehead atoms. The minimum Gasteiger partial charge on any atom is -0.361 e. The van der Waals surface area contributed by atoms with Crippen LogP contribution in [0.25, 0.3) is 0 Å². The summed E-state index contributed by atoms with van der Waals surface area (Å²) < 4.78 is 26.4. The predicted octanol–water partition coefficient (Wildman–Crippen LogP) is 1.70. The first-order valence-electron chi connectivity index (χ1n) is 4.40. The standard InChI is InChI=1S/C8H10ClNO3S/c9-14(11,12)5-7-4-8(13-10-7)3-6-1-2-6/h4,6H,1-3,5H2. The summed E-state index contributed by atoms with van der Waals surface area (Å²) in [6, 6.07) is 1.66. The van der Waals surface area contributed by atoms with Gasteiger partial charge in [0.2, 0.25) is 9.05 Å². The van der Waals surface area contributed by atoms with Crippen LogP contribution in [-0.2, 0) is 21.2 Å². The van der Waals surface area contributed by atoms with Gasteiger partial charge in [-0.2, -0.15) is 0 Å². The lowest BCUT2D eigenvalue weighted by molar-refractivity contribution is 0.374. The zero-order valence-corrected chi connectivity index (χ0v) is 9.01. The van der Waals surface area contributed by atoms with E-state index in [-0.39, 0.29) is 5.75 Å². The molecule has 0 aliphatic heterocycles. The van der Waals surface area contributed by atoms with Crippen LogP contribution in [0.15, 0.2) is 10.6 Å². The largest absolute Gasteiger partial charge is 0.361 e. The third-order valence-electron chi connectivity index (χ3n) is 2.11. The normalized spacial score (nSPS) is 17.2. The summed E-state index contributed by atoms with van der Waals surface area (Å²) in [5.74, 6) is 1.19. The van der Waals surface area contributed by atoms with Crippen LogP contribution < -0.4 is 0 Å². The molecule has 1 fully saturated rings. The molecule has 4 nitrogen and oxygen atoms in total. The van der Waals surface area contributed by atoms with Gasteiger partial charge >= 0.3 is 0 Å².